The van der Waals surface area contributed by atoms with Crippen molar-refractivity contribution >= 4 is 17.8 Å². The molecule has 0 aromatic rings. The molecule has 0 saturated carbocycles. The van der Waals surface area contributed by atoms with Gasteiger partial charge in [-0.1, -0.05) is 19.3 Å². The molecular weight excluding hydrogens is 300 g/mol. The van der Waals surface area contributed by atoms with Crippen LogP contribution in [0.4, 0.5) is 0 Å². The number of aliphatic carboxylic acids is 2. The molecule has 0 aliphatic heterocycles. The number of carboxylic acids is 2. The van der Waals surface area contributed by atoms with E-state index in [1.54, 1.807) is 0 Å². The molecule has 0 fully saturated rings. The normalized spacial score (nSPS) is 11.5. The van der Waals surface area contributed by atoms with Gasteiger partial charge >= 0.3 is 11.9 Å². The quantitative estimate of drug-likeness (QED) is 0.349. The first kappa shape index (κ1) is 21.4. The first-order chi connectivity index (χ1) is 10.7. The molecule has 0 saturated heterocycles. The van der Waals surface area contributed by atoms with Crippen molar-refractivity contribution in [3.63, 3.8) is 0 Å². The van der Waals surface area contributed by atoms with Crippen molar-refractivity contribution in [1.82, 2.24) is 10.2 Å². The standard InChI is InChI=1S/C16H30N2O5/c1-16(14(20)21,15(22)23)10-6-4-5-7-11-17-13(19)9-8-12-18(2)3/h4-12H2,1-3H3,(H,17,19)(H,20,21)(H,22,23). The minimum Gasteiger partial charge on any atom is -0.480 e. The fourth-order valence-corrected chi connectivity index (χ4v) is 2.13. The summed E-state index contributed by atoms with van der Waals surface area (Å²) in [6, 6.07) is 0. The molecule has 0 heterocycles. The van der Waals surface area contributed by atoms with Crippen LogP contribution in [0.15, 0.2) is 0 Å². The molecule has 0 aromatic heterocycles. The average Bonchev–Trinajstić information content (AvgIpc) is 2.45. The number of carboxylic acid groups (broad SMARTS) is 2. The summed E-state index contributed by atoms with van der Waals surface area (Å²) in [7, 11) is 3.94. The Balaban J connectivity index is 3.68. The van der Waals surface area contributed by atoms with Crippen LogP contribution in [0, 0.1) is 5.41 Å². The van der Waals surface area contributed by atoms with Crippen molar-refractivity contribution in [3.8, 4) is 0 Å². The minimum atomic E-state index is -1.71. The van der Waals surface area contributed by atoms with Gasteiger partial charge in [-0.15, -0.1) is 0 Å². The maximum Gasteiger partial charge on any atom is 0.320 e. The third-order valence-electron chi connectivity index (χ3n) is 3.88. The van der Waals surface area contributed by atoms with Gasteiger partial charge in [-0.3, -0.25) is 14.4 Å². The van der Waals surface area contributed by atoms with Gasteiger partial charge < -0.3 is 20.4 Å². The highest BCUT2D eigenvalue weighted by molar-refractivity contribution is 5.97. The number of rotatable bonds is 13. The monoisotopic (exact) mass is 330 g/mol. The number of hydrogen-bond donors (Lipinski definition) is 3. The molecule has 7 heteroatoms. The topological polar surface area (TPSA) is 107 Å². The summed E-state index contributed by atoms with van der Waals surface area (Å²) >= 11 is 0. The van der Waals surface area contributed by atoms with Gasteiger partial charge in [-0.05, 0) is 46.8 Å². The van der Waals surface area contributed by atoms with Crippen LogP contribution in [0.3, 0.4) is 0 Å². The lowest BCUT2D eigenvalue weighted by Crippen LogP contribution is -2.36. The average molecular weight is 330 g/mol. The van der Waals surface area contributed by atoms with Crippen LogP contribution in [0.1, 0.15) is 51.9 Å². The van der Waals surface area contributed by atoms with E-state index in [0.29, 0.717) is 19.4 Å². The van der Waals surface area contributed by atoms with E-state index in [0.717, 1.165) is 32.2 Å². The largest absolute Gasteiger partial charge is 0.480 e. The zero-order chi connectivity index (χ0) is 17.9. The Morgan fingerprint density at radius 1 is 0.957 bits per heavy atom. The number of nitrogens with zero attached hydrogens (tertiary/aromatic N) is 1. The predicted molar refractivity (Wildman–Crippen MR) is 87.3 cm³/mol. The number of amides is 1. The fourth-order valence-electron chi connectivity index (χ4n) is 2.13. The predicted octanol–water partition coefficient (Wildman–Crippen LogP) is 1.57. The van der Waals surface area contributed by atoms with Crippen LogP contribution >= 0.6 is 0 Å². The molecule has 0 spiro atoms. The molecule has 1 amide bonds. The lowest BCUT2D eigenvalue weighted by molar-refractivity contribution is -0.163. The van der Waals surface area contributed by atoms with Crippen LogP contribution < -0.4 is 5.32 Å². The van der Waals surface area contributed by atoms with Crippen molar-refractivity contribution < 1.29 is 24.6 Å². The van der Waals surface area contributed by atoms with E-state index in [-0.39, 0.29) is 12.3 Å². The molecule has 0 aliphatic carbocycles. The van der Waals surface area contributed by atoms with Crippen molar-refractivity contribution in [1.29, 1.82) is 0 Å². The van der Waals surface area contributed by atoms with E-state index in [1.165, 1.54) is 6.92 Å². The van der Waals surface area contributed by atoms with E-state index in [9.17, 15) is 14.4 Å². The first-order valence-electron chi connectivity index (χ1n) is 8.08. The molecule has 0 aliphatic rings. The summed E-state index contributed by atoms with van der Waals surface area (Å²) in [5, 5.41) is 20.8. The summed E-state index contributed by atoms with van der Waals surface area (Å²) in [4.78, 5) is 35.6. The minimum absolute atomic E-state index is 0.0520. The molecule has 0 aromatic carbocycles. The Hall–Kier alpha value is -1.63. The Labute approximate surface area is 138 Å². The number of hydrogen-bond acceptors (Lipinski definition) is 4. The van der Waals surface area contributed by atoms with E-state index in [1.807, 2.05) is 19.0 Å². The lowest BCUT2D eigenvalue weighted by atomic mass is 9.85. The van der Waals surface area contributed by atoms with Gasteiger partial charge in [-0.2, -0.15) is 0 Å². The Morgan fingerprint density at radius 2 is 1.52 bits per heavy atom. The molecule has 23 heavy (non-hydrogen) atoms. The number of carbonyl (C=O) groups excluding carboxylic acids is 1. The summed E-state index contributed by atoms with van der Waals surface area (Å²) in [6.45, 7) is 2.74. The van der Waals surface area contributed by atoms with Gasteiger partial charge in [0.1, 0.15) is 0 Å². The van der Waals surface area contributed by atoms with Crippen LogP contribution in [-0.2, 0) is 14.4 Å². The van der Waals surface area contributed by atoms with E-state index >= 15 is 0 Å². The second kappa shape index (κ2) is 11.0. The van der Waals surface area contributed by atoms with Crippen LogP contribution in [0.2, 0.25) is 0 Å². The number of carbonyl (C=O) groups is 3. The third kappa shape index (κ3) is 9.18. The van der Waals surface area contributed by atoms with Crippen molar-refractivity contribution in [2.45, 2.75) is 51.9 Å². The fraction of sp³-hybridized carbons (Fsp3) is 0.812. The molecule has 0 rings (SSSR count). The Morgan fingerprint density at radius 3 is 2.04 bits per heavy atom. The molecule has 0 bridgehead atoms. The lowest BCUT2D eigenvalue weighted by Gasteiger charge is -2.19. The van der Waals surface area contributed by atoms with E-state index < -0.39 is 17.4 Å². The maximum absolute atomic E-state index is 11.5. The van der Waals surface area contributed by atoms with Gasteiger partial charge in [0.25, 0.3) is 0 Å². The second-order valence-electron chi connectivity index (χ2n) is 6.36. The number of nitrogens with one attached hydrogen (secondary N) is 1. The highest BCUT2D eigenvalue weighted by atomic mass is 16.4. The molecule has 0 atom stereocenters. The summed E-state index contributed by atoms with van der Waals surface area (Å²) in [5.41, 5.74) is -1.71. The summed E-state index contributed by atoms with van der Waals surface area (Å²) < 4.78 is 0. The SMILES string of the molecule is CN(C)CCCC(=O)NCCCCCCC(C)(C(=O)O)C(=O)O. The molecular formula is C16H30N2O5. The molecule has 7 nitrogen and oxygen atoms in total. The van der Waals surface area contributed by atoms with Crippen LogP contribution in [-0.4, -0.2) is 60.1 Å². The third-order valence-corrected chi connectivity index (χ3v) is 3.88. The first-order valence-corrected chi connectivity index (χ1v) is 8.08. The zero-order valence-electron chi connectivity index (χ0n) is 14.4. The number of unbranched alkanes of at least 4 members (excludes halogenated alkanes) is 3. The highest BCUT2D eigenvalue weighted by Gasteiger charge is 2.40. The van der Waals surface area contributed by atoms with Crippen LogP contribution in [0.5, 0.6) is 0 Å². The van der Waals surface area contributed by atoms with Crippen molar-refractivity contribution in [2.75, 3.05) is 27.2 Å². The molecule has 0 radical (unpaired) electrons. The van der Waals surface area contributed by atoms with Gasteiger partial charge in [0.2, 0.25) is 5.91 Å². The van der Waals surface area contributed by atoms with Crippen molar-refractivity contribution in [2.24, 2.45) is 5.41 Å². The maximum atomic E-state index is 11.5. The zero-order valence-corrected chi connectivity index (χ0v) is 14.4. The van der Waals surface area contributed by atoms with Gasteiger partial charge in [-0.25, -0.2) is 0 Å². The van der Waals surface area contributed by atoms with Gasteiger partial charge in [0.05, 0.1) is 0 Å². The van der Waals surface area contributed by atoms with Crippen molar-refractivity contribution in [3.05, 3.63) is 0 Å². The smallest absolute Gasteiger partial charge is 0.320 e. The molecule has 3 N–H and O–H groups in total. The summed E-state index contributed by atoms with van der Waals surface area (Å²) in [6.07, 6.45) is 4.44. The molecule has 134 valence electrons. The highest BCUT2D eigenvalue weighted by Crippen LogP contribution is 2.25. The van der Waals surface area contributed by atoms with Crippen LogP contribution in [0.25, 0.3) is 0 Å². The Kier molecular flexibility index (Phi) is 10.2. The van der Waals surface area contributed by atoms with Gasteiger partial charge in [0, 0.05) is 13.0 Å². The second-order valence-corrected chi connectivity index (χ2v) is 6.36. The summed E-state index contributed by atoms with van der Waals surface area (Å²) in [5.74, 6) is -2.54. The van der Waals surface area contributed by atoms with E-state index in [4.69, 9.17) is 10.2 Å². The van der Waals surface area contributed by atoms with E-state index in [2.05, 4.69) is 5.32 Å². The Bertz CT molecular complexity index is 382. The van der Waals surface area contributed by atoms with Gasteiger partial charge in [0.15, 0.2) is 5.41 Å². The molecule has 0 unspecified atom stereocenters.